The number of fused-ring (bicyclic) bond motifs is 1. The molecule has 1 aliphatic carbocycles. The van der Waals surface area contributed by atoms with E-state index in [0.717, 1.165) is 29.3 Å². The SMILES string of the molecule is CC1(C)CCCC1NC(=O)c1sc2cccc(Cl)c2c1N. The standard InChI is InChI=1S/C16H19ClN2OS/c1-16(2)8-4-7-11(16)19-15(20)14-13(18)12-9(17)5-3-6-10(12)21-14/h3,5-6,11H,4,7-8,18H2,1-2H3,(H,19,20). The summed E-state index contributed by atoms with van der Waals surface area (Å²) in [5, 5.41) is 4.55. The van der Waals surface area contributed by atoms with E-state index in [9.17, 15) is 4.79 Å². The lowest BCUT2D eigenvalue weighted by atomic mass is 9.87. The van der Waals surface area contributed by atoms with Crippen molar-refractivity contribution in [2.75, 3.05) is 5.73 Å². The van der Waals surface area contributed by atoms with Gasteiger partial charge in [-0.1, -0.05) is 37.9 Å². The van der Waals surface area contributed by atoms with Crippen molar-refractivity contribution in [2.24, 2.45) is 5.41 Å². The van der Waals surface area contributed by atoms with Crippen LogP contribution in [-0.2, 0) is 0 Å². The molecular formula is C16H19ClN2OS. The lowest BCUT2D eigenvalue weighted by Gasteiger charge is -2.27. The second kappa shape index (κ2) is 5.18. The normalized spacial score (nSPS) is 20.8. The van der Waals surface area contributed by atoms with Gasteiger partial charge in [0.05, 0.1) is 10.7 Å². The molecule has 1 unspecified atom stereocenters. The Hall–Kier alpha value is -1.26. The van der Waals surface area contributed by atoms with Gasteiger partial charge in [-0.25, -0.2) is 0 Å². The number of anilines is 1. The van der Waals surface area contributed by atoms with Gasteiger partial charge in [0.1, 0.15) is 4.88 Å². The van der Waals surface area contributed by atoms with Gasteiger partial charge in [0, 0.05) is 16.1 Å². The number of nitrogens with one attached hydrogen (secondary N) is 1. The molecule has 5 heteroatoms. The summed E-state index contributed by atoms with van der Waals surface area (Å²) in [4.78, 5) is 13.1. The largest absolute Gasteiger partial charge is 0.397 e. The van der Waals surface area contributed by atoms with Crippen LogP contribution in [-0.4, -0.2) is 11.9 Å². The number of carbonyl (C=O) groups excluding carboxylic acids is 1. The Balaban J connectivity index is 1.92. The number of hydrogen-bond acceptors (Lipinski definition) is 3. The number of halogens is 1. The van der Waals surface area contributed by atoms with Gasteiger partial charge in [0.15, 0.2) is 0 Å². The Labute approximate surface area is 133 Å². The highest BCUT2D eigenvalue weighted by molar-refractivity contribution is 7.21. The fourth-order valence-electron chi connectivity index (χ4n) is 3.12. The number of benzene rings is 1. The van der Waals surface area contributed by atoms with Gasteiger partial charge in [-0.2, -0.15) is 0 Å². The lowest BCUT2D eigenvalue weighted by molar-refractivity contribution is 0.0915. The first-order chi connectivity index (χ1) is 9.90. The lowest BCUT2D eigenvalue weighted by Crippen LogP contribution is -2.41. The van der Waals surface area contributed by atoms with E-state index in [-0.39, 0.29) is 17.4 Å². The topological polar surface area (TPSA) is 55.1 Å². The van der Waals surface area contributed by atoms with Crippen LogP contribution >= 0.6 is 22.9 Å². The van der Waals surface area contributed by atoms with Gasteiger partial charge < -0.3 is 11.1 Å². The van der Waals surface area contributed by atoms with Gasteiger partial charge in [-0.3, -0.25) is 4.79 Å². The van der Waals surface area contributed by atoms with Crippen molar-refractivity contribution in [1.82, 2.24) is 5.32 Å². The summed E-state index contributed by atoms with van der Waals surface area (Å²) < 4.78 is 0.954. The quantitative estimate of drug-likeness (QED) is 0.858. The summed E-state index contributed by atoms with van der Waals surface area (Å²) in [7, 11) is 0. The molecule has 1 aliphatic rings. The molecule has 3 nitrogen and oxygen atoms in total. The fourth-order valence-corrected chi connectivity index (χ4v) is 4.50. The van der Waals surface area contributed by atoms with Crippen LogP contribution in [0.4, 0.5) is 5.69 Å². The molecule has 0 spiro atoms. The monoisotopic (exact) mass is 322 g/mol. The molecule has 0 radical (unpaired) electrons. The first-order valence-corrected chi connectivity index (χ1v) is 8.37. The van der Waals surface area contributed by atoms with Crippen LogP contribution in [0.25, 0.3) is 10.1 Å². The van der Waals surface area contributed by atoms with E-state index in [1.165, 1.54) is 11.3 Å². The molecular weight excluding hydrogens is 304 g/mol. The van der Waals surface area contributed by atoms with Crippen LogP contribution in [0, 0.1) is 5.41 Å². The van der Waals surface area contributed by atoms with E-state index in [1.54, 1.807) is 6.07 Å². The number of thiophene rings is 1. The molecule has 1 heterocycles. The van der Waals surface area contributed by atoms with E-state index < -0.39 is 0 Å². The third-order valence-electron chi connectivity index (χ3n) is 4.47. The van der Waals surface area contributed by atoms with Crippen LogP contribution in [0.15, 0.2) is 18.2 Å². The summed E-state index contributed by atoms with van der Waals surface area (Å²) in [5.41, 5.74) is 6.79. The van der Waals surface area contributed by atoms with Gasteiger partial charge in [0.2, 0.25) is 0 Å². The van der Waals surface area contributed by atoms with Crippen molar-refractivity contribution in [1.29, 1.82) is 0 Å². The van der Waals surface area contributed by atoms with Gasteiger partial charge in [-0.15, -0.1) is 11.3 Å². The Bertz CT molecular complexity index is 708. The van der Waals surface area contributed by atoms with E-state index in [2.05, 4.69) is 19.2 Å². The summed E-state index contributed by atoms with van der Waals surface area (Å²) in [6.07, 6.45) is 3.33. The molecule has 1 amide bonds. The minimum atomic E-state index is -0.0789. The second-order valence-corrected chi connectivity index (χ2v) is 7.82. The minimum absolute atomic E-state index is 0.0789. The number of carbonyl (C=O) groups is 1. The Kier molecular flexibility index (Phi) is 3.62. The molecule has 1 aromatic carbocycles. The number of nitrogen functional groups attached to an aromatic ring is 1. The van der Waals surface area contributed by atoms with Crippen molar-refractivity contribution in [2.45, 2.75) is 39.2 Å². The van der Waals surface area contributed by atoms with Crippen LogP contribution in [0.3, 0.4) is 0 Å². The van der Waals surface area contributed by atoms with Gasteiger partial charge in [-0.05, 0) is 30.4 Å². The van der Waals surface area contributed by atoms with Crippen molar-refractivity contribution >= 4 is 44.6 Å². The maximum Gasteiger partial charge on any atom is 0.263 e. The number of nitrogens with two attached hydrogens (primary N) is 1. The molecule has 1 saturated carbocycles. The number of rotatable bonds is 2. The molecule has 1 fully saturated rings. The predicted octanol–water partition coefficient (Wildman–Crippen LogP) is 4.45. The summed E-state index contributed by atoms with van der Waals surface area (Å²) in [5.74, 6) is -0.0789. The highest BCUT2D eigenvalue weighted by Crippen LogP contribution is 2.40. The highest BCUT2D eigenvalue weighted by atomic mass is 35.5. The smallest absolute Gasteiger partial charge is 0.263 e. The highest BCUT2D eigenvalue weighted by Gasteiger charge is 2.36. The first kappa shape index (κ1) is 14.7. The zero-order chi connectivity index (χ0) is 15.2. The van der Waals surface area contributed by atoms with Gasteiger partial charge >= 0.3 is 0 Å². The molecule has 112 valence electrons. The molecule has 0 saturated heterocycles. The van der Waals surface area contributed by atoms with Crippen LogP contribution in [0.1, 0.15) is 42.8 Å². The zero-order valence-corrected chi connectivity index (χ0v) is 13.8. The third-order valence-corrected chi connectivity index (χ3v) is 5.95. The Morgan fingerprint density at radius 3 is 2.86 bits per heavy atom. The summed E-state index contributed by atoms with van der Waals surface area (Å²) >= 11 is 7.60. The van der Waals surface area contributed by atoms with Crippen molar-refractivity contribution in [3.8, 4) is 0 Å². The fraction of sp³-hybridized carbons (Fsp3) is 0.438. The van der Waals surface area contributed by atoms with Crippen molar-refractivity contribution < 1.29 is 4.79 Å². The van der Waals surface area contributed by atoms with Gasteiger partial charge in [0.25, 0.3) is 5.91 Å². The molecule has 1 atom stereocenters. The molecule has 3 rings (SSSR count). The molecule has 3 N–H and O–H groups in total. The zero-order valence-electron chi connectivity index (χ0n) is 12.2. The van der Waals surface area contributed by atoms with Crippen LogP contribution in [0.5, 0.6) is 0 Å². The number of amides is 1. The molecule has 0 bridgehead atoms. The molecule has 2 aromatic rings. The maximum absolute atomic E-state index is 12.6. The van der Waals surface area contributed by atoms with Crippen molar-refractivity contribution in [3.05, 3.63) is 28.1 Å². The summed E-state index contributed by atoms with van der Waals surface area (Å²) in [6.45, 7) is 4.41. The van der Waals surface area contributed by atoms with E-state index >= 15 is 0 Å². The molecule has 21 heavy (non-hydrogen) atoms. The minimum Gasteiger partial charge on any atom is -0.397 e. The maximum atomic E-state index is 12.6. The van der Waals surface area contributed by atoms with E-state index in [4.69, 9.17) is 17.3 Å². The van der Waals surface area contributed by atoms with E-state index in [1.807, 2.05) is 12.1 Å². The van der Waals surface area contributed by atoms with Crippen LogP contribution in [0.2, 0.25) is 5.02 Å². The number of hydrogen-bond donors (Lipinski definition) is 2. The van der Waals surface area contributed by atoms with E-state index in [0.29, 0.717) is 15.6 Å². The second-order valence-electron chi connectivity index (χ2n) is 6.36. The Morgan fingerprint density at radius 2 is 2.24 bits per heavy atom. The molecule has 1 aromatic heterocycles. The van der Waals surface area contributed by atoms with Crippen LogP contribution < -0.4 is 11.1 Å². The first-order valence-electron chi connectivity index (χ1n) is 7.17. The predicted molar refractivity (Wildman–Crippen MR) is 90.1 cm³/mol. The van der Waals surface area contributed by atoms with Crippen molar-refractivity contribution in [3.63, 3.8) is 0 Å². The molecule has 0 aliphatic heterocycles. The average molecular weight is 323 g/mol. The third kappa shape index (κ3) is 2.51. The average Bonchev–Trinajstić information content (AvgIpc) is 2.92. The summed E-state index contributed by atoms with van der Waals surface area (Å²) in [6, 6.07) is 5.83. The Morgan fingerprint density at radius 1 is 1.48 bits per heavy atom.